The normalized spacial score (nSPS) is 25.5. The molecule has 10 heterocycles. The quantitative estimate of drug-likeness (QED) is 0.0110. The number of hydrogen-bond donors (Lipinski definition) is 6. The second-order valence-corrected chi connectivity index (χ2v) is 36.0. The Balaban J connectivity index is 0.475. The van der Waals surface area contributed by atoms with Crippen molar-refractivity contribution in [3.05, 3.63) is 143 Å². The van der Waals surface area contributed by atoms with Gasteiger partial charge in [0.05, 0.1) is 89.0 Å². The number of esters is 1. The lowest BCUT2D eigenvalue weighted by molar-refractivity contribution is -0.265. The van der Waals surface area contributed by atoms with Crippen LogP contribution in [-0.4, -0.2) is 267 Å². The van der Waals surface area contributed by atoms with Crippen LogP contribution in [0.5, 0.6) is 0 Å². The van der Waals surface area contributed by atoms with Gasteiger partial charge in [-0.15, -0.1) is 0 Å². The molecule has 13 rings (SSSR count). The van der Waals surface area contributed by atoms with Gasteiger partial charge in [-0.1, -0.05) is 82.4 Å². The molecule has 3 saturated heterocycles. The molecular weight excluding hydrogens is 1710 g/mol. The van der Waals surface area contributed by atoms with Crippen LogP contribution in [0, 0.1) is 29.6 Å². The van der Waals surface area contributed by atoms with Crippen molar-refractivity contribution in [2.75, 3.05) is 134 Å². The number of allylic oxidation sites excluding steroid dienone is 6. The Kier molecular flexibility index (Phi) is 36.0. The maximum Gasteiger partial charge on any atom is 0.407 e. The fraction of sp³-hybridized carbons (Fsp3) is 0.577. The third-order valence-corrected chi connectivity index (χ3v) is 26.2. The summed E-state index contributed by atoms with van der Waals surface area (Å²) in [4.78, 5) is 135. The van der Waals surface area contributed by atoms with Gasteiger partial charge in [-0.05, 0) is 174 Å². The molecule has 133 heavy (non-hydrogen) atoms. The first-order valence-electron chi connectivity index (χ1n) is 46.9. The maximum absolute atomic E-state index is 14.6. The zero-order valence-electron chi connectivity index (χ0n) is 77.8. The van der Waals surface area contributed by atoms with Gasteiger partial charge in [0, 0.05) is 127 Å². The largest absolute Gasteiger partial charge is 0.461 e. The molecule has 718 valence electrons. The lowest BCUT2D eigenvalue weighted by Crippen LogP contribution is -2.60. The number of ether oxygens (including phenoxy) is 9. The van der Waals surface area contributed by atoms with E-state index in [0.29, 0.717) is 225 Å². The molecule has 2 bridgehead atoms. The highest BCUT2D eigenvalue weighted by Gasteiger charge is 2.53. The van der Waals surface area contributed by atoms with Gasteiger partial charge >= 0.3 is 12.1 Å². The van der Waals surface area contributed by atoms with Crippen LogP contribution in [0.2, 0.25) is 0 Å². The summed E-state index contributed by atoms with van der Waals surface area (Å²) < 4.78 is 60.2. The number of Topliss-reactive ketones (excluding diaryl/α,β-unsaturated/α-hetero) is 2. The lowest BCUT2D eigenvalue weighted by Gasteiger charge is -2.42. The average Bonchev–Trinajstić information content (AvgIpc) is 1.66. The molecule has 8 N–H and O–H groups in total. The van der Waals surface area contributed by atoms with Crippen molar-refractivity contribution in [2.24, 2.45) is 29.6 Å². The highest BCUT2D eigenvalue weighted by atomic mass is 16.6. The van der Waals surface area contributed by atoms with Crippen LogP contribution in [0.3, 0.4) is 0 Å². The van der Waals surface area contributed by atoms with Crippen molar-refractivity contribution in [2.45, 2.75) is 219 Å². The van der Waals surface area contributed by atoms with E-state index in [-0.39, 0.29) is 93.2 Å². The summed E-state index contributed by atoms with van der Waals surface area (Å²) in [6.45, 7) is 18.5. The number of fused-ring (bicyclic) bond motifs is 6. The van der Waals surface area contributed by atoms with Crippen molar-refractivity contribution in [3.63, 3.8) is 0 Å². The van der Waals surface area contributed by atoms with E-state index in [0.717, 1.165) is 41.5 Å². The average molecular weight is 1840 g/mol. The molecule has 1 aliphatic carbocycles. The Bertz CT molecular complexity index is 5210. The van der Waals surface area contributed by atoms with E-state index in [1.54, 1.807) is 39.4 Å². The van der Waals surface area contributed by atoms with Crippen LogP contribution >= 0.6 is 0 Å². The number of aromatic nitrogens is 9. The number of aliphatic hydroxyl groups is 2. The fourth-order valence-corrected chi connectivity index (χ4v) is 18.4. The van der Waals surface area contributed by atoms with E-state index in [2.05, 4.69) is 68.6 Å². The fourth-order valence-electron chi connectivity index (χ4n) is 18.4. The summed E-state index contributed by atoms with van der Waals surface area (Å²) in [5, 5.41) is 35.0. The van der Waals surface area contributed by atoms with Crippen LogP contribution in [-0.2, 0) is 92.7 Å². The van der Waals surface area contributed by atoms with Gasteiger partial charge in [-0.3, -0.25) is 24.0 Å². The van der Waals surface area contributed by atoms with Crippen LogP contribution in [0.25, 0.3) is 33.4 Å². The molecule has 36 nitrogen and oxygen atoms in total. The predicted octanol–water partition coefficient (Wildman–Crippen LogP) is 9.90. The van der Waals surface area contributed by atoms with Crippen LogP contribution in [0.15, 0.2) is 120 Å². The molecule has 5 aromatic heterocycles. The van der Waals surface area contributed by atoms with Crippen molar-refractivity contribution < 1.29 is 90.8 Å². The van der Waals surface area contributed by atoms with Gasteiger partial charge in [0.25, 0.3) is 23.6 Å². The van der Waals surface area contributed by atoms with E-state index in [4.69, 9.17) is 63.6 Å². The zero-order valence-corrected chi connectivity index (χ0v) is 77.8. The highest BCUT2D eigenvalue weighted by Crippen LogP contribution is 2.39. The molecule has 36 heteroatoms. The monoisotopic (exact) mass is 1840 g/mol. The predicted molar refractivity (Wildman–Crippen MR) is 496 cm³/mol. The first-order valence-corrected chi connectivity index (χ1v) is 46.9. The number of nitrogen functional groups attached to an aromatic ring is 2. The van der Waals surface area contributed by atoms with Crippen LogP contribution in [0.1, 0.15) is 177 Å². The van der Waals surface area contributed by atoms with Crippen molar-refractivity contribution in [3.8, 4) is 11.3 Å². The number of carbonyl (C=O) groups is 7. The number of amides is 4. The number of carbonyl (C=O) groups excluding carboxylic acids is 7. The van der Waals surface area contributed by atoms with E-state index in [1.807, 2.05) is 90.8 Å². The van der Waals surface area contributed by atoms with Crippen molar-refractivity contribution >= 4 is 87.2 Å². The molecule has 0 spiro atoms. The van der Waals surface area contributed by atoms with Gasteiger partial charge in [-0.25, -0.2) is 44.2 Å². The minimum atomic E-state index is -2.43. The Morgan fingerprint density at radius 1 is 0.677 bits per heavy atom. The number of nitrogens with two attached hydrogens (primary N) is 2. The molecule has 2 aromatic carbocycles. The maximum atomic E-state index is 14.6. The molecular formula is C97H131N17O19. The van der Waals surface area contributed by atoms with E-state index >= 15 is 0 Å². The van der Waals surface area contributed by atoms with Crippen molar-refractivity contribution in [1.29, 1.82) is 0 Å². The Morgan fingerprint density at radius 3 is 2.10 bits per heavy atom. The summed E-state index contributed by atoms with van der Waals surface area (Å²) in [6, 6.07) is 10.8. The van der Waals surface area contributed by atoms with Gasteiger partial charge in [0.15, 0.2) is 17.0 Å². The minimum absolute atomic E-state index is 0.0323. The third-order valence-electron chi connectivity index (χ3n) is 26.2. The number of alkyl carbamates (subject to hydrolysis) is 1. The first kappa shape index (κ1) is 99.4. The molecule has 6 aliphatic rings. The number of benzene rings is 2. The summed E-state index contributed by atoms with van der Waals surface area (Å²) in [5.41, 5.74) is 21.2. The molecule has 4 fully saturated rings. The first-order chi connectivity index (χ1) is 64.3. The molecule has 1 saturated carbocycles. The summed E-state index contributed by atoms with van der Waals surface area (Å²) in [5.74, 6) is -5.24. The number of methoxy groups -OCH3 is 2. The Morgan fingerprint density at radius 2 is 1.38 bits per heavy atom. The van der Waals surface area contributed by atoms with Crippen LogP contribution in [0.4, 0.5) is 28.5 Å². The summed E-state index contributed by atoms with van der Waals surface area (Å²) in [6.07, 6.45) is 23.9. The molecule has 0 radical (unpaired) electrons. The Labute approximate surface area is 776 Å². The van der Waals surface area contributed by atoms with Gasteiger partial charge in [0.1, 0.15) is 53.8 Å². The number of nitrogens with zero attached hydrogens (tertiary/aromatic N) is 13. The topological polar surface area (TPSA) is 453 Å². The van der Waals surface area contributed by atoms with E-state index in [9.17, 15) is 43.8 Å². The third kappa shape index (κ3) is 26.9. The Hall–Kier alpha value is -11.1. The second-order valence-electron chi connectivity index (χ2n) is 36.0. The number of hydrogen-bond acceptors (Lipinski definition) is 31. The number of anilines is 4. The van der Waals surface area contributed by atoms with Gasteiger partial charge in [-0.2, -0.15) is 10.1 Å². The number of piperidine rings is 1. The van der Waals surface area contributed by atoms with Gasteiger partial charge in [0.2, 0.25) is 23.6 Å². The molecule has 7 aromatic rings. The van der Waals surface area contributed by atoms with E-state index < -0.39 is 77.9 Å². The number of aliphatic hydroxyl groups excluding tert-OH is 1. The molecule has 4 amide bonds. The number of piperazine rings is 1. The zero-order chi connectivity index (χ0) is 94.1. The summed E-state index contributed by atoms with van der Waals surface area (Å²) >= 11 is 0. The molecule has 11 atom stereocenters. The number of oxazole rings is 1. The van der Waals surface area contributed by atoms with Crippen molar-refractivity contribution in [1.82, 2.24) is 65.1 Å². The standard InChI is InChI=1S/C97H131N17O19/c1-61-14-10-9-11-15-63(3)80(124-7)52-76-26-18-66(6)97(123,133-76)87(118)91(120)113-34-13-12-16-78(113)92(121)130-74(25-17-62(2)49-65(5)85(117)86(125-8)84(116)64(4)48-61)27-20-67-21-28-75(29-22-67)131-96(122)105-55-69-53-101-94(102-54-69)110-36-38-111(39-37-110)95-103-56-73(57-104-95)90(119)100-33-41-127-43-45-129-47-46-128-44-42-126-40-32-81(115)112-35-31-70-50-68(19-23-72(70)59-112)58-114-89-82(88(98)106-60-107-89)83(109-114)71-24-30-79-77(51-71)108-93(99)132-79/h9-11,14-15,19,23-24,30,49-51,53-54,56-57,60-62,64,66-67,74-76,78,80,85-86,117,123H,12-13,16-18,20-22,25-29,31-48,52,55,58-59H2,1-8H3,(H2,99,108)(H,100,119)(H,105,122)(H2,98,106,107)/b11-9?,14-10+,63-15?,65-49+/t61-,62+,64-,66-,67?,74+,75?,76?,78+,80+,85-,86+,97-/m1/s1. The minimum Gasteiger partial charge on any atom is -0.461 e. The number of ketones is 2. The lowest BCUT2D eigenvalue weighted by atomic mass is 9.83. The van der Waals surface area contributed by atoms with Crippen LogP contribution < -0.4 is 31.9 Å². The SMILES string of the molecule is CO[C@H]1CC2CC[C@@H](C)[C@@](O)(O2)C(=O)C(=O)N2CCCC[C@H]2C(=O)O[C@H](CCC2CCC(OC(=O)NCc3cnc(N4CCN(c5ncc(C(=O)NCCOCCOCCOCCOCCC(=O)N6CCc7cc(Cn8nc(-c9ccc%10oc(N)nc%10c9)c9c(N)ncnc98)ccc7C6)cn5)CC4)nc3)CC2)CC[C@H](C)/C=C(\C)[C@@H](O)[C@@H](OC)C(=O)[C@H](C)C[C@H](C)/C=C/C=CC=C1C. The number of cyclic esters (lactones) is 1. The summed E-state index contributed by atoms with van der Waals surface area (Å²) in [7, 11) is 3.02. The second kappa shape index (κ2) is 48.2. The molecule has 5 aliphatic heterocycles. The number of rotatable bonds is 29. The smallest absolute Gasteiger partial charge is 0.407 e. The number of nitrogens with one attached hydrogen (secondary N) is 2. The highest BCUT2D eigenvalue weighted by molar-refractivity contribution is 6.39. The van der Waals surface area contributed by atoms with E-state index in [1.165, 1.54) is 36.3 Å². The molecule has 1 unspecified atom stereocenters. The van der Waals surface area contributed by atoms with Gasteiger partial charge < -0.3 is 99.0 Å².